The van der Waals surface area contributed by atoms with Crippen LogP contribution in [0.5, 0.6) is 0 Å². The molecule has 19 heavy (non-hydrogen) atoms. The molecule has 0 bridgehead atoms. The molecule has 0 aliphatic heterocycles. The molecule has 0 amide bonds. The van der Waals surface area contributed by atoms with Gasteiger partial charge in [-0.05, 0) is 24.2 Å². The van der Waals surface area contributed by atoms with Crippen LogP contribution >= 0.6 is 0 Å². The number of unbranched alkanes of at least 4 members (excludes halogenated alkanes) is 3. The minimum atomic E-state index is 0.284. The summed E-state index contributed by atoms with van der Waals surface area (Å²) in [6.45, 7) is 7.97. The minimum absolute atomic E-state index is 0.284. The summed E-state index contributed by atoms with van der Waals surface area (Å²) in [4.78, 5) is 11.7. The van der Waals surface area contributed by atoms with E-state index < -0.39 is 0 Å². The van der Waals surface area contributed by atoms with E-state index in [1.165, 1.54) is 38.5 Å². The maximum absolute atomic E-state index is 11.7. The lowest BCUT2D eigenvalue weighted by Gasteiger charge is -2.34. The molecule has 112 valence electrons. The third-order valence-corrected chi connectivity index (χ3v) is 4.66. The highest BCUT2D eigenvalue weighted by Crippen LogP contribution is 2.34. The fraction of sp³-hybridized carbons (Fsp3) is 0.941. The first-order chi connectivity index (χ1) is 9.15. The number of ketones is 1. The third kappa shape index (κ3) is 6.56. The van der Waals surface area contributed by atoms with Gasteiger partial charge < -0.3 is 4.74 Å². The van der Waals surface area contributed by atoms with Crippen LogP contribution in [0.15, 0.2) is 0 Å². The van der Waals surface area contributed by atoms with Crippen molar-refractivity contribution in [3.8, 4) is 0 Å². The van der Waals surface area contributed by atoms with Crippen molar-refractivity contribution in [3.63, 3.8) is 0 Å². The molecule has 0 saturated heterocycles. The highest BCUT2D eigenvalue weighted by Gasteiger charge is 2.27. The van der Waals surface area contributed by atoms with E-state index in [4.69, 9.17) is 4.74 Å². The van der Waals surface area contributed by atoms with Gasteiger partial charge in [-0.2, -0.15) is 0 Å². The van der Waals surface area contributed by atoms with Crippen LogP contribution in [0.2, 0.25) is 0 Å². The van der Waals surface area contributed by atoms with Gasteiger partial charge in [0.05, 0.1) is 6.61 Å². The lowest BCUT2D eigenvalue weighted by atomic mass is 9.74. The van der Waals surface area contributed by atoms with Crippen LogP contribution in [0.25, 0.3) is 0 Å². The van der Waals surface area contributed by atoms with Crippen LogP contribution < -0.4 is 0 Å². The van der Waals surface area contributed by atoms with Crippen molar-refractivity contribution in [1.82, 2.24) is 0 Å². The number of Topliss-reactive ketones (excluding diaryl/α,β-unsaturated/α-hetero) is 1. The lowest BCUT2D eigenvalue weighted by molar-refractivity contribution is -0.124. The van der Waals surface area contributed by atoms with Crippen molar-refractivity contribution in [2.24, 2.45) is 17.8 Å². The van der Waals surface area contributed by atoms with E-state index in [0.29, 0.717) is 18.9 Å². The lowest BCUT2D eigenvalue weighted by Crippen LogP contribution is -2.29. The van der Waals surface area contributed by atoms with Crippen LogP contribution in [0.4, 0.5) is 0 Å². The molecule has 0 N–H and O–H groups in total. The third-order valence-electron chi connectivity index (χ3n) is 4.66. The molecular formula is C17H32O2. The molecule has 1 aliphatic carbocycles. The van der Waals surface area contributed by atoms with Crippen molar-refractivity contribution in [1.29, 1.82) is 0 Å². The molecular weight excluding hydrogens is 236 g/mol. The molecule has 1 saturated carbocycles. The number of hydrogen-bond donors (Lipinski definition) is 0. The monoisotopic (exact) mass is 268 g/mol. The van der Waals surface area contributed by atoms with Crippen LogP contribution in [0, 0.1) is 17.8 Å². The molecule has 1 aliphatic rings. The molecule has 0 aromatic carbocycles. The second kappa shape index (κ2) is 9.52. The Kier molecular flexibility index (Phi) is 8.36. The van der Waals surface area contributed by atoms with E-state index in [-0.39, 0.29) is 5.78 Å². The summed E-state index contributed by atoms with van der Waals surface area (Å²) < 4.78 is 5.68. The van der Waals surface area contributed by atoms with Gasteiger partial charge in [-0.25, -0.2) is 0 Å². The fourth-order valence-corrected chi connectivity index (χ4v) is 3.21. The van der Waals surface area contributed by atoms with Gasteiger partial charge in [0.25, 0.3) is 0 Å². The van der Waals surface area contributed by atoms with Gasteiger partial charge in [-0.15, -0.1) is 0 Å². The Morgan fingerprint density at radius 3 is 2.42 bits per heavy atom. The summed E-state index contributed by atoms with van der Waals surface area (Å²) in [5, 5.41) is 0. The number of carbonyl (C=O) groups is 1. The van der Waals surface area contributed by atoms with Gasteiger partial charge in [0.2, 0.25) is 0 Å². The standard InChI is InChI=1S/C17H32O2/c1-4-5-6-7-11-16(18)12-19-13-17-14(2)9-8-10-15(17)3/h14-15,17H,4-13H2,1-3H3. The van der Waals surface area contributed by atoms with Crippen LogP contribution in [-0.2, 0) is 9.53 Å². The van der Waals surface area contributed by atoms with Gasteiger partial charge in [-0.1, -0.05) is 59.3 Å². The molecule has 2 nitrogen and oxygen atoms in total. The molecule has 2 unspecified atom stereocenters. The highest BCUT2D eigenvalue weighted by atomic mass is 16.5. The Morgan fingerprint density at radius 1 is 1.11 bits per heavy atom. The molecule has 2 atom stereocenters. The molecule has 0 spiro atoms. The van der Waals surface area contributed by atoms with Crippen LogP contribution in [0.1, 0.15) is 72.1 Å². The molecule has 1 fully saturated rings. The molecule has 0 radical (unpaired) electrons. The maximum atomic E-state index is 11.7. The van der Waals surface area contributed by atoms with E-state index in [1.54, 1.807) is 0 Å². The van der Waals surface area contributed by atoms with E-state index >= 15 is 0 Å². The number of ether oxygens (including phenoxy) is 1. The summed E-state index contributed by atoms with van der Waals surface area (Å²) in [5.74, 6) is 2.45. The van der Waals surface area contributed by atoms with E-state index in [2.05, 4.69) is 20.8 Å². The predicted octanol–water partition coefficient (Wildman–Crippen LogP) is 4.61. The number of carbonyl (C=O) groups excluding carboxylic acids is 1. The number of rotatable bonds is 9. The minimum Gasteiger partial charge on any atom is -0.373 e. The first-order valence-electron chi connectivity index (χ1n) is 8.24. The molecule has 0 aromatic heterocycles. The predicted molar refractivity (Wildman–Crippen MR) is 80.3 cm³/mol. The van der Waals surface area contributed by atoms with Gasteiger partial charge in [-0.3, -0.25) is 4.79 Å². The van der Waals surface area contributed by atoms with Crippen LogP contribution in [0.3, 0.4) is 0 Å². The van der Waals surface area contributed by atoms with Crippen molar-refractivity contribution in [3.05, 3.63) is 0 Å². The zero-order chi connectivity index (χ0) is 14.1. The van der Waals surface area contributed by atoms with Gasteiger partial charge >= 0.3 is 0 Å². The molecule has 0 aromatic rings. The Morgan fingerprint density at radius 2 is 1.79 bits per heavy atom. The summed E-state index contributed by atoms with van der Waals surface area (Å²) in [6.07, 6.45) is 9.39. The Balaban J connectivity index is 2.10. The topological polar surface area (TPSA) is 26.3 Å². The smallest absolute Gasteiger partial charge is 0.158 e. The first-order valence-corrected chi connectivity index (χ1v) is 8.24. The normalized spacial score (nSPS) is 27.4. The largest absolute Gasteiger partial charge is 0.373 e. The summed E-state index contributed by atoms with van der Waals surface area (Å²) >= 11 is 0. The SMILES string of the molecule is CCCCCCC(=O)COCC1C(C)CCCC1C. The second-order valence-electron chi connectivity index (χ2n) is 6.41. The van der Waals surface area contributed by atoms with Gasteiger partial charge in [0, 0.05) is 6.42 Å². The summed E-state index contributed by atoms with van der Waals surface area (Å²) in [6, 6.07) is 0. The highest BCUT2D eigenvalue weighted by molar-refractivity contribution is 5.79. The number of hydrogen-bond acceptors (Lipinski definition) is 2. The summed E-state index contributed by atoms with van der Waals surface area (Å²) in [7, 11) is 0. The molecule has 0 heterocycles. The van der Waals surface area contributed by atoms with Crippen molar-refractivity contribution >= 4 is 5.78 Å². The zero-order valence-corrected chi connectivity index (χ0v) is 13.1. The van der Waals surface area contributed by atoms with E-state index in [0.717, 1.165) is 24.9 Å². The second-order valence-corrected chi connectivity index (χ2v) is 6.41. The Hall–Kier alpha value is -0.370. The van der Waals surface area contributed by atoms with Gasteiger partial charge in [0.15, 0.2) is 5.78 Å². The van der Waals surface area contributed by atoms with E-state index in [9.17, 15) is 4.79 Å². The van der Waals surface area contributed by atoms with Crippen molar-refractivity contribution in [2.75, 3.05) is 13.2 Å². The Labute approximate surface area is 119 Å². The average Bonchev–Trinajstić information content (AvgIpc) is 2.38. The molecule has 1 rings (SSSR count). The quantitative estimate of drug-likeness (QED) is 0.571. The van der Waals surface area contributed by atoms with Crippen molar-refractivity contribution in [2.45, 2.75) is 72.1 Å². The average molecular weight is 268 g/mol. The molecule has 2 heteroatoms. The Bertz CT molecular complexity index is 240. The van der Waals surface area contributed by atoms with Crippen molar-refractivity contribution < 1.29 is 9.53 Å². The van der Waals surface area contributed by atoms with Crippen LogP contribution in [-0.4, -0.2) is 19.0 Å². The first kappa shape index (κ1) is 16.7. The van der Waals surface area contributed by atoms with Gasteiger partial charge in [0.1, 0.15) is 6.61 Å². The maximum Gasteiger partial charge on any atom is 0.158 e. The fourth-order valence-electron chi connectivity index (χ4n) is 3.21. The summed E-state index contributed by atoms with van der Waals surface area (Å²) in [5.41, 5.74) is 0. The van der Waals surface area contributed by atoms with E-state index in [1.807, 2.05) is 0 Å². The zero-order valence-electron chi connectivity index (χ0n) is 13.1.